The second-order valence-electron chi connectivity index (χ2n) is 4.12. The van der Waals surface area contributed by atoms with E-state index in [1.54, 1.807) is 12.1 Å². The highest BCUT2D eigenvalue weighted by Crippen LogP contribution is 2.20. The summed E-state index contributed by atoms with van der Waals surface area (Å²) in [5, 5.41) is 8.86. The lowest BCUT2D eigenvalue weighted by atomic mass is 10.1. The van der Waals surface area contributed by atoms with E-state index in [2.05, 4.69) is 11.5 Å². The van der Waals surface area contributed by atoms with Gasteiger partial charge in [0.2, 0.25) is 0 Å². The topological polar surface area (TPSA) is 40.5 Å². The molecule has 0 bridgehead atoms. The Kier molecular flexibility index (Phi) is 3.72. The third kappa shape index (κ3) is 2.86. The Morgan fingerprint density at radius 1 is 1.50 bits per heavy atom. The number of carboxylic acids is 1. The molecule has 0 spiro atoms. The van der Waals surface area contributed by atoms with Crippen molar-refractivity contribution >= 4 is 11.7 Å². The summed E-state index contributed by atoms with van der Waals surface area (Å²) in [6.07, 6.45) is 0. The molecule has 0 atom stereocenters. The molecule has 0 saturated carbocycles. The molecule has 1 aromatic carbocycles. The number of rotatable bonds is 4. The molecule has 0 heterocycles. The van der Waals surface area contributed by atoms with Crippen LogP contribution in [0.25, 0.3) is 0 Å². The van der Waals surface area contributed by atoms with Crippen molar-refractivity contribution in [3.8, 4) is 0 Å². The van der Waals surface area contributed by atoms with Crippen LogP contribution in [0, 0.1) is 6.92 Å². The molecule has 1 rings (SSSR count). The molecule has 3 nitrogen and oxygen atoms in total. The zero-order valence-electron chi connectivity index (χ0n) is 9.95. The minimum Gasteiger partial charge on any atom is -0.478 e. The van der Waals surface area contributed by atoms with E-state index in [9.17, 15) is 4.79 Å². The Morgan fingerprint density at radius 2 is 2.12 bits per heavy atom. The molecule has 86 valence electrons. The third-order valence-corrected chi connectivity index (χ3v) is 2.36. The summed E-state index contributed by atoms with van der Waals surface area (Å²) in [4.78, 5) is 12.8. The lowest BCUT2D eigenvalue weighted by Crippen LogP contribution is -2.20. The maximum absolute atomic E-state index is 10.8. The SMILES string of the molecule is C=C(C)CN(C)c1ccc(C(=O)O)cc1C. The number of nitrogens with zero attached hydrogens (tertiary/aromatic N) is 1. The molecule has 0 fully saturated rings. The van der Waals surface area contributed by atoms with Crippen LogP contribution in [0.5, 0.6) is 0 Å². The maximum atomic E-state index is 10.8. The summed E-state index contributed by atoms with van der Waals surface area (Å²) in [5.41, 5.74) is 3.39. The van der Waals surface area contributed by atoms with Crippen molar-refractivity contribution in [2.45, 2.75) is 13.8 Å². The summed E-state index contributed by atoms with van der Waals surface area (Å²) >= 11 is 0. The standard InChI is InChI=1S/C13H17NO2/c1-9(2)8-14(4)12-6-5-11(13(15)16)7-10(12)3/h5-7H,1,8H2,2-4H3,(H,15,16). The second-order valence-corrected chi connectivity index (χ2v) is 4.12. The van der Waals surface area contributed by atoms with Gasteiger partial charge in [-0.1, -0.05) is 12.2 Å². The van der Waals surface area contributed by atoms with Crippen LogP contribution in [0.15, 0.2) is 30.4 Å². The van der Waals surface area contributed by atoms with Crippen LogP contribution >= 0.6 is 0 Å². The summed E-state index contributed by atoms with van der Waals surface area (Å²) in [6.45, 7) is 8.51. The number of hydrogen-bond donors (Lipinski definition) is 1. The van der Waals surface area contributed by atoms with Gasteiger partial charge in [-0.3, -0.25) is 0 Å². The fraction of sp³-hybridized carbons (Fsp3) is 0.308. The smallest absolute Gasteiger partial charge is 0.335 e. The lowest BCUT2D eigenvalue weighted by Gasteiger charge is -2.21. The number of benzene rings is 1. The Hall–Kier alpha value is -1.77. The van der Waals surface area contributed by atoms with Crippen LogP contribution in [0.1, 0.15) is 22.8 Å². The molecule has 0 unspecified atom stereocenters. The number of aromatic carboxylic acids is 1. The van der Waals surface area contributed by atoms with Crippen LogP contribution < -0.4 is 4.90 Å². The molecule has 0 aromatic heterocycles. The third-order valence-electron chi connectivity index (χ3n) is 2.36. The quantitative estimate of drug-likeness (QED) is 0.791. The van der Waals surface area contributed by atoms with Crippen molar-refractivity contribution in [3.05, 3.63) is 41.5 Å². The van der Waals surface area contributed by atoms with E-state index >= 15 is 0 Å². The van der Waals surface area contributed by atoms with Crippen LogP contribution in [0.4, 0.5) is 5.69 Å². The highest BCUT2D eigenvalue weighted by molar-refractivity contribution is 5.88. The predicted octanol–water partition coefficient (Wildman–Crippen LogP) is 2.71. The first kappa shape index (κ1) is 12.3. The number of likely N-dealkylation sites (N-methyl/N-ethyl adjacent to an activating group) is 1. The monoisotopic (exact) mass is 219 g/mol. The van der Waals surface area contributed by atoms with Gasteiger partial charge in [0, 0.05) is 19.3 Å². The van der Waals surface area contributed by atoms with Gasteiger partial charge in [0.05, 0.1) is 5.56 Å². The number of hydrogen-bond acceptors (Lipinski definition) is 2. The highest BCUT2D eigenvalue weighted by Gasteiger charge is 2.08. The Morgan fingerprint density at radius 3 is 2.56 bits per heavy atom. The first-order valence-corrected chi connectivity index (χ1v) is 5.11. The Bertz CT molecular complexity index is 424. The van der Waals surface area contributed by atoms with Gasteiger partial charge in [0.1, 0.15) is 0 Å². The summed E-state index contributed by atoms with van der Waals surface area (Å²) in [7, 11) is 1.97. The molecule has 0 amide bonds. The summed E-state index contributed by atoms with van der Waals surface area (Å²) in [6, 6.07) is 5.15. The van der Waals surface area contributed by atoms with Gasteiger partial charge < -0.3 is 10.0 Å². The van der Waals surface area contributed by atoms with Crippen LogP contribution in [0.2, 0.25) is 0 Å². The van der Waals surface area contributed by atoms with Crippen LogP contribution in [-0.2, 0) is 0 Å². The van der Waals surface area contributed by atoms with Crippen molar-refractivity contribution in [3.63, 3.8) is 0 Å². The second kappa shape index (κ2) is 4.84. The number of carbonyl (C=O) groups is 1. The first-order valence-electron chi connectivity index (χ1n) is 5.11. The summed E-state index contributed by atoms with van der Waals surface area (Å²) < 4.78 is 0. The zero-order valence-corrected chi connectivity index (χ0v) is 9.95. The molecule has 0 saturated heterocycles. The molecular weight excluding hydrogens is 202 g/mol. The van der Waals surface area contributed by atoms with E-state index in [4.69, 9.17) is 5.11 Å². The van der Waals surface area contributed by atoms with Gasteiger partial charge in [0.15, 0.2) is 0 Å². The Balaban J connectivity index is 2.98. The molecular formula is C13H17NO2. The number of anilines is 1. The molecule has 0 aliphatic carbocycles. The molecule has 0 aliphatic heterocycles. The van der Waals surface area contributed by atoms with E-state index < -0.39 is 5.97 Å². The van der Waals surface area contributed by atoms with Crippen LogP contribution in [-0.4, -0.2) is 24.7 Å². The molecule has 1 aromatic rings. The van der Waals surface area contributed by atoms with Gasteiger partial charge >= 0.3 is 5.97 Å². The van der Waals surface area contributed by atoms with E-state index in [1.165, 1.54) is 0 Å². The van der Waals surface area contributed by atoms with Gasteiger partial charge in [-0.25, -0.2) is 4.79 Å². The molecule has 16 heavy (non-hydrogen) atoms. The lowest BCUT2D eigenvalue weighted by molar-refractivity contribution is 0.0697. The fourth-order valence-corrected chi connectivity index (χ4v) is 1.71. The molecule has 3 heteroatoms. The summed E-state index contributed by atoms with van der Waals surface area (Å²) in [5.74, 6) is -0.891. The molecule has 0 radical (unpaired) electrons. The average Bonchev–Trinajstić information content (AvgIpc) is 2.15. The van der Waals surface area contributed by atoms with E-state index in [-0.39, 0.29) is 0 Å². The van der Waals surface area contributed by atoms with Gasteiger partial charge in [0.25, 0.3) is 0 Å². The number of carboxylic acid groups (broad SMARTS) is 1. The molecule has 0 aliphatic rings. The molecule has 1 N–H and O–H groups in total. The minimum atomic E-state index is -0.891. The van der Waals surface area contributed by atoms with Crippen molar-refractivity contribution < 1.29 is 9.90 Å². The van der Waals surface area contributed by atoms with Crippen molar-refractivity contribution in [1.82, 2.24) is 0 Å². The van der Waals surface area contributed by atoms with Gasteiger partial charge in [-0.15, -0.1) is 0 Å². The predicted molar refractivity (Wildman–Crippen MR) is 66.2 cm³/mol. The van der Waals surface area contributed by atoms with Crippen molar-refractivity contribution in [2.75, 3.05) is 18.5 Å². The largest absolute Gasteiger partial charge is 0.478 e. The fourth-order valence-electron chi connectivity index (χ4n) is 1.71. The van der Waals surface area contributed by atoms with E-state index in [1.807, 2.05) is 27.0 Å². The highest BCUT2D eigenvalue weighted by atomic mass is 16.4. The maximum Gasteiger partial charge on any atom is 0.335 e. The Labute approximate surface area is 96.0 Å². The van der Waals surface area contributed by atoms with Gasteiger partial charge in [-0.05, 0) is 37.6 Å². The van der Waals surface area contributed by atoms with E-state index in [0.29, 0.717) is 5.56 Å². The van der Waals surface area contributed by atoms with Crippen LogP contribution in [0.3, 0.4) is 0 Å². The average molecular weight is 219 g/mol. The van der Waals surface area contributed by atoms with Crippen molar-refractivity contribution in [1.29, 1.82) is 0 Å². The zero-order chi connectivity index (χ0) is 12.3. The van der Waals surface area contributed by atoms with Gasteiger partial charge in [-0.2, -0.15) is 0 Å². The first-order chi connectivity index (χ1) is 7.41. The minimum absolute atomic E-state index is 0.324. The normalized spacial score (nSPS) is 9.94. The number of aryl methyl sites for hydroxylation is 1. The van der Waals surface area contributed by atoms with Crippen molar-refractivity contribution in [2.24, 2.45) is 0 Å². The van der Waals surface area contributed by atoms with E-state index in [0.717, 1.165) is 23.4 Å².